The first-order valence-corrected chi connectivity index (χ1v) is 5.33. The second-order valence-electron chi connectivity index (χ2n) is 2.59. The van der Waals surface area contributed by atoms with E-state index in [1.165, 1.54) is 5.10 Å². The predicted octanol–water partition coefficient (Wildman–Crippen LogP) is 4.56. The van der Waals surface area contributed by atoms with Crippen LogP contribution in [0.3, 0.4) is 0 Å². The smallest absolute Gasteiger partial charge is 0.273 e. The summed E-state index contributed by atoms with van der Waals surface area (Å²) in [6.07, 6.45) is -5.77. The number of hydrogen-bond donors (Lipinski definition) is 1. The Kier molecular flexibility index (Phi) is 7.73. The van der Waals surface area contributed by atoms with Gasteiger partial charge in [-0.2, -0.15) is 26.3 Å². The van der Waals surface area contributed by atoms with Crippen molar-refractivity contribution in [2.45, 2.75) is 46.7 Å². The largest absolute Gasteiger partial charge is 0.459 e. The first-order valence-electron chi connectivity index (χ1n) is 5.33. The molecule has 2 nitrogen and oxygen atoms in total. The van der Waals surface area contributed by atoms with Crippen LogP contribution in [0, 0.1) is 12.9 Å². The molecule has 8 heteroatoms. The predicted molar refractivity (Wildman–Crippen MR) is 55.9 cm³/mol. The van der Waals surface area contributed by atoms with E-state index in [1.807, 2.05) is 27.7 Å². The molecule has 0 spiro atoms. The third-order valence-electron chi connectivity index (χ3n) is 1.62. The van der Waals surface area contributed by atoms with Gasteiger partial charge in [-0.05, 0) is 6.92 Å². The number of H-pyrrole nitrogens is 1. The number of halogens is 6. The second kappa shape index (κ2) is 7.27. The van der Waals surface area contributed by atoms with Gasteiger partial charge in [-0.3, -0.25) is 5.10 Å². The van der Waals surface area contributed by atoms with Crippen molar-refractivity contribution in [3.8, 4) is 0 Å². The Balaban J connectivity index is 0. The lowest BCUT2D eigenvalue weighted by atomic mass is 10.1. The normalized spacial score (nSPS) is 11.1. The van der Waals surface area contributed by atoms with Crippen LogP contribution in [-0.2, 0) is 5.92 Å². The van der Waals surface area contributed by atoms with Gasteiger partial charge in [-0.25, -0.2) is 0 Å². The summed E-state index contributed by atoms with van der Waals surface area (Å²) in [4.78, 5) is 0. The Morgan fingerprint density at radius 3 is 1.56 bits per heavy atom. The highest BCUT2D eigenvalue weighted by atomic mass is 19.4. The van der Waals surface area contributed by atoms with Crippen LogP contribution in [0.15, 0.2) is 0 Å². The van der Waals surface area contributed by atoms with Gasteiger partial charge in [0.15, 0.2) is 0 Å². The summed E-state index contributed by atoms with van der Waals surface area (Å²) in [6.45, 7) is 8.79. The number of rotatable bonds is 1. The first kappa shape index (κ1) is 19.1. The standard InChI is InChI=1S/C6H4F6N2.2C2H6/c1-2-3(13-14-4(2)7)5(8,9)6(10,11)12;2*1-2/h1H3,(H,13,14);2*1-2H3. The van der Waals surface area contributed by atoms with Gasteiger partial charge in [-0.1, -0.05) is 27.7 Å². The zero-order valence-corrected chi connectivity index (χ0v) is 10.7. The SMILES string of the molecule is CC.CC.Cc1c(F)n[nH]c1C(F)(F)C(F)(F)F. The van der Waals surface area contributed by atoms with E-state index in [4.69, 9.17) is 0 Å². The average Bonchev–Trinajstić information content (AvgIpc) is 2.64. The maximum atomic E-state index is 12.6. The van der Waals surface area contributed by atoms with Crippen molar-refractivity contribution < 1.29 is 26.3 Å². The molecular weight excluding hydrogens is 262 g/mol. The molecule has 0 saturated heterocycles. The molecule has 1 aromatic rings. The lowest BCUT2D eigenvalue weighted by Gasteiger charge is -2.18. The van der Waals surface area contributed by atoms with Crippen LogP contribution in [-0.4, -0.2) is 16.4 Å². The summed E-state index contributed by atoms with van der Waals surface area (Å²) in [5, 5.41) is 3.95. The fourth-order valence-electron chi connectivity index (χ4n) is 0.823. The third-order valence-corrected chi connectivity index (χ3v) is 1.62. The Hall–Kier alpha value is -1.21. The minimum atomic E-state index is -5.77. The van der Waals surface area contributed by atoms with Crippen LogP contribution in [0.2, 0.25) is 0 Å². The first-order chi connectivity index (χ1) is 8.18. The van der Waals surface area contributed by atoms with Crippen molar-refractivity contribution in [3.05, 3.63) is 17.2 Å². The van der Waals surface area contributed by atoms with Crippen LogP contribution in [0.4, 0.5) is 26.3 Å². The Bertz CT molecular complexity index is 343. The summed E-state index contributed by atoms with van der Waals surface area (Å²) in [6, 6.07) is 0. The molecule has 0 unspecified atom stereocenters. The van der Waals surface area contributed by atoms with Gasteiger partial charge in [0.2, 0.25) is 5.95 Å². The van der Waals surface area contributed by atoms with Gasteiger partial charge in [0.25, 0.3) is 0 Å². The second-order valence-corrected chi connectivity index (χ2v) is 2.59. The van der Waals surface area contributed by atoms with Crippen LogP contribution < -0.4 is 0 Å². The van der Waals surface area contributed by atoms with Gasteiger partial charge in [0.1, 0.15) is 5.69 Å². The number of aromatic amines is 1. The molecule has 0 radical (unpaired) electrons. The van der Waals surface area contributed by atoms with Crippen molar-refractivity contribution in [2.75, 3.05) is 0 Å². The molecule has 0 saturated carbocycles. The molecular formula is C10H16F6N2. The molecule has 0 amide bonds. The van der Waals surface area contributed by atoms with Gasteiger partial charge in [-0.15, -0.1) is 5.10 Å². The fraction of sp³-hybridized carbons (Fsp3) is 0.700. The molecule has 0 aromatic carbocycles. The fourth-order valence-corrected chi connectivity index (χ4v) is 0.823. The summed E-state index contributed by atoms with van der Waals surface area (Å²) >= 11 is 0. The number of aromatic nitrogens is 2. The molecule has 0 atom stereocenters. The van der Waals surface area contributed by atoms with Crippen molar-refractivity contribution in [2.24, 2.45) is 0 Å². The average molecular weight is 278 g/mol. The molecule has 0 aliphatic heterocycles. The van der Waals surface area contributed by atoms with Crippen LogP contribution in [0.25, 0.3) is 0 Å². The number of nitrogens with one attached hydrogen (secondary N) is 1. The van der Waals surface area contributed by atoms with E-state index < -0.39 is 29.3 Å². The Morgan fingerprint density at radius 1 is 0.944 bits per heavy atom. The quantitative estimate of drug-likeness (QED) is 0.749. The lowest BCUT2D eigenvalue weighted by Crippen LogP contribution is -2.34. The summed E-state index contributed by atoms with van der Waals surface area (Å²) in [5.74, 6) is -6.49. The molecule has 0 bridgehead atoms. The van der Waals surface area contributed by atoms with Crippen molar-refractivity contribution in [1.29, 1.82) is 0 Å². The number of nitrogens with zero attached hydrogens (tertiary/aromatic N) is 1. The maximum absolute atomic E-state index is 12.6. The molecule has 0 fully saturated rings. The third kappa shape index (κ3) is 3.92. The summed E-state index contributed by atoms with van der Waals surface area (Å²) in [7, 11) is 0. The van der Waals surface area contributed by atoms with Crippen LogP contribution >= 0.6 is 0 Å². The van der Waals surface area contributed by atoms with E-state index in [2.05, 4.69) is 5.10 Å². The topological polar surface area (TPSA) is 28.7 Å². The van der Waals surface area contributed by atoms with Crippen molar-refractivity contribution >= 4 is 0 Å². The molecule has 108 valence electrons. The van der Waals surface area contributed by atoms with E-state index in [0.717, 1.165) is 6.92 Å². The van der Waals surface area contributed by atoms with Gasteiger partial charge < -0.3 is 0 Å². The molecule has 0 aliphatic rings. The monoisotopic (exact) mass is 278 g/mol. The minimum Gasteiger partial charge on any atom is -0.273 e. The number of alkyl halides is 5. The minimum absolute atomic E-state index is 0.786. The van der Waals surface area contributed by atoms with E-state index in [1.54, 1.807) is 0 Å². The molecule has 1 aromatic heterocycles. The number of hydrogen-bond acceptors (Lipinski definition) is 1. The Labute approximate surface area is 101 Å². The van der Waals surface area contributed by atoms with Gasteiger partial charge in [0, 0.05) is 5.56 Å². The van der Waals surface area contributed by atoms with E-state index in [9.17, 15) is 26.3 Å². The van der Waals surface area contributed by atoms with Crippen molar-refractivity contribution in [3.63, 3.8) is 0 Å². The van der Waals surface area contributed by atoms with Crippen molar-refractivity contribution in [1.82, 2.24) is 10.2 Å². The zero-order chi connectivity index (χ0) is 15.1. The summed E-state index contributed by atoms with van der Waals surface area (Å²) < 4.78 is 72.9. The molecule has 1 N–H and O–H groups in total. The molecule has 0 aliphatic carbocycles. The van der Waals surface area contributed by atoms with E-state index in [-0.39, 0.29) is 0 Å². The molecule has 1 rings (SSSR count). The van der Waals surface area contributed by atoms with Gasteiger partial charge in [0.05, 0.1) is 0 Å². The highest BCUT2D eigenvalue weighted by Gasteiger charge is 2.60. The van der Waals surface area contributed by atoms with Crippen LogP contribution in [0.1, 0.15) is 39.0 Å². The van der Waals surface area contributed by atoms with Crippen LogP contribution in [0.5, 0.6) is 0 Å². The zero-order valence-electron chi connectivity index (χ0n) is 10.7. The molecule has 1 heterocycles. The van der Waals surface area contributed by atoms with E-state index >= 15 is 0 Å². The summed E-state index contributed by atoms with van der Waals surface area (Å²) in [5.41, 5.74) is -2.41. The lowest BCUT2D eigenvalue weighted by molar-refractivity contribution is -0.291. The highest BCUT2D eigenvalue weighted by Crippen LogP contribution is 2.44. The van der Waals surface area contributed by atoms with E-state index in [0.29, 0.717) is 0 Å². The Morgan fingerprint density at radius 2 is 1.33 bits per heavy atom. The van der Waals surface area contributed by atoms with Gasteiger partial charge >= 0.3 is 12.1 Å². The molecule has 18 heavy (non-hydrogen) atoms. The maximum Gasteiger partial charge on any atom is 0.459 e. The highest BCUT2D eigenvalue weighted by molar-refractivity contribution is 5.21.